The minimum absolute atomic E-state index is 0.912. The summed E-state index contributed by atoms with van der Waals surface area (Å²) < 4.78 is 89.1. The maximum Gasteiger partial charge on any atom is 0.217 e. The van der Waals surface area contributed by atoms with E-state index in [-0.39, 0.29) is 0 Å². The lowest BCUT2D eigenvalue weighted by molar-refractivity contribution is -0.394. The molecule has 0 aromatic carbocycles. The molecule has 1 unspecified atom stereocenters. The zero-order chi connectivity index (χ0) is 68.5. The molecule has 8 rings (SSSR count). The van der Waals surface area contributed by atoms with Gasteiger partial charge in [0.25, 0.3) is 0 Å². The lowest BCUT2D eigenvalue weighted by atomic mass is 9.93. The average Bonchev–Trinajstić information content (AvgIpc) is 0.778. The summed E-state index contributed by atoms with van der Waals surface area (Å²) in [5.74, 6) is -1.88. The van der Waals surface area contributed by atoms with Gasteiger partial charge in [0.1, 0.15) is 183 Å². The molecule has 8 heterocycles. The highest BCUT2D eigenvalue weighted by molar-refractivity contribution is 5.73. The van der Waals surface area contributed by atoms with Gasteiger partial charge in [-0.2, -0.15) is 0 Å². The molecule has 2 amide bonds. The van der Waals surface area contributed by atoms with Gasteiger partial charge in [-0.1, -0.05) is 0 Å². The van der Waals surface area contributed by atoms with Gasteiger partial charge in [-0.15, -0.1) is 0 Å². The van der Waals surface area contributed by atoms with Crippen molar-refractivity contribution >= 4 is 11.8 Å². The summed E-state index contributed by atoms with van der Waals surface area (Å²) in [7, 11) is 0. The third-order valence-electron chi connectivity index (χ3n) is 17.4. The van der Waals surface area contributed by atoms with Crippen molar-refractivity contribution < 1.29 is 193 Å². The smallest absolute Gasteiger partial charge is 0.217 e. The molecule has 0 aliphatic carbocycles. The lowest BCUT2D eigenvalue weighted by Gasteiger charge is -2.52. The SMILES string of the molecule is CC(=O)N[C@H]1[C@H](OC[C@H]2O[C@@H](O[C@H]3[C@H](O)[C@@H](O)C(O)O[C@@H]3CO)[C@H](O)[C@@H](O[C@@H]3O[C@H](CO)[C@@H](O[C@@H]4O[C@H](CO)[C@H](O)[C@H](O)[C@H]4O)[C@H](O[C@H]4O[C@H](C)[C@H](O)[C@H](O)[C@H]4O)[C@H]3NC(C)=O)[C@H]2O)O[C@H](CO)[C@@H](O[C@@H]2O[C@H](CO)[C@H](O)[C@H](O)[C@H]2O)[C@@H]1O[C@H]1O[C@H](C)[C@H](O)[C@H](O)[C@H]1O. The Morgan fingerprint density at radius 2 is 0.624 bits per heavy atom. The van der Waals surface area contributed by atoms with Crippen LogP contribution >= 0.6 is 0 Å². The van der Waals surface area contributed by atoms with E-state index in [0.29, 0.717) is 0 Å². The van der Waals surface area contributed by atoms with Crippen molar-refractivity contribution in [2.24, 2.45) is 0 Å². The molecule has 41 nitrogen and oxygen atoms in total. The van der Waals surface area contributed by atoms with Crippen LogP contribution < -0.4 is 10.6 Å². The van der Waals surface area contributed by atoms with Crippen LogP contribution in [0.25, 0.3) is 0 Å². The second-order valence-electron chi connectivity index (χ2n) is 23.9. The highest BCUT2D eigenvalue weighted by atomic mass is 16.8. The Labute approximate surface area is 527 Å². The lowest BCUT2D eigenvalue weighted by Crippen LogP contribution is -2.71. The predicted molar refractivity (Wildman–Crippen MR) is 285 cm³/mol. The number of carbonyl (C=O) groups excluding carboxylic acids is 2. The molecule has 0 bridgehead atoms. The molecule has 8 fully saturated rings. The molecule has 8 saturated heterocycles. The first-order valence-corrected chi connectivity index (χ1v) is 29.9. The zero-order valence-corrected chi connectivity index (χ0v) is 50.1. The second-order valence-corrected chi connectivity index (χ2v) is 23.9. The van der Waals surface area contributed by atoms with Crippen molar-refractivity contribution in [3.8, 4) is 0 Å². The normalized spacial score (nSPS) is 51.6. The molecule has 0 spiro atoms. The van der Waals surface area contributed by atoms with E-state index in [2.05, 4.69) is 10.6 Å². The summed E-state index contributed by atoms with van der Waals surface area (Å²) in [6.07, 6.45) is -75.0. The molecule has 93 heavy (non-hydrogen) atoms. The molecule has 0 radical (unpaired) electrons. The first-order chi connectivity index (χ1) is 43.9. The summed E-state index contributed by atoms with van der Waals surface area (Å²) in [6.45, 7) is -1.86. The summed E-state index contributed by atoms with van der Waals surface area (Å²) in [6, 6.07) is -3.80. The van der Waals surface area contributed by atoms with Gasteiger partial charge in [-0.05, 0) is 13.8 Å². The van der Waals surface area contributed by atoms with Crippen LogP contribution in [0.1, 0.15) is 27.7 Å². The summed E-state index contributed by atoms with van der Waals surface area (Å²) in [5.41, 5.74) is 0. The fraction of sp³-hybridized carbons (Fsp3) is 0.962. The van der Waals surface area contributed by atoms with Crippen molar-refractivity contribution in [2.45, 2.75) is 273 Å². The zero-order valence-electron chi connectivity index (χ0n) is 50.1. The maximum atomic E-state index is 13.3. The van der Waals surface area contributed by atoms with E-state index in [9.17, 15) is 122 Å². The molecule has 0 saturated carbocycles. The van der Waals surface area contributed by atoms with E-state index in [0.717, 1.165) is 13.8 Å². The Balaban J connectivity index is 1.16. The number of aliphatic hydroxyl groups is 22. The minimum atomic E-state index is -2.42. The second kappa shape index (κ2) is 32.6. The van der Waals surface area contributed by atoms with Gasteiger partial charge in [0.05, 0.1) is 51.8 Å². The monoisotopic (exact) mass is 1360 g/mol. The van der Waals surface area contributed by atoms with E-state index < -0.39 is 297 Å². The van der Waals surface area contributed by atoms with Crippen LogP contribution in [0.15, 0.2) is 0 Å². The number of ether oxygens (including phenoxy) is 15. The number of hydrogen-bond donors (Lipinski definition) is 24. The average molecular weight is 1370 g/mol. The standard InChI is InChI=1S/C52H88N2O39/c1-11-23(62)28(67)34(73)48(80-11)91-42-21(53-13(3)60)46(85-18(8-58)40(42)89-50-36(75)30(69)25(64)15(5-55)83-50)79-10-20-27(66)44(38(77)52(87-20)88-39-17(7-57)82-45(78)33(72)32(39)71)93-47-22(54-14(4)61)43(92-49-35(74)29(68)24(63)12(2)81-49)41(19(9-59)86-47)90-51-37(76)31(70)26(65)16(6-56)84-51/h11-12,15-52,55-59,62-78H,5-10H2,1-4H3,(H,53,60)(H,54,61)/t11-,12-,15-,16-,17-,18-,19-,20-,21-,22-,23+,24+,25+,26+,27+,28+,29+,30+,31+,32-,33-,34-,35-,36-,37-,38-,39-,40-,41-,42-,43-,44+,45?,46-,47+,48-,49-,50+,51+,52+/m1/s1. The molecule has 8 aliphatic rings. The molecular weight excluding hydrogens is 1280 g/mol. The van der Waals surface area contributed by atoms with Gasteiger partial charge in [0.2, 0.25) is 11.8 Å². The third-order valence-corrected chi connectivity index (χ3v) is 17.4. The number of hydrogen-bond acceptors (Lipinski definition) is 39. The van der Waals surface area contributed by atoms with E-state index >= 15 is 0 Å². The maximum absolute atomic E-state index is 13.3. The Morgan fingerprint density at radius 3 is 1.04 bits per heavy atom. The van der Waals surface area contributed by atoms with E-state index in [1.807, 2.05) is 0 Å². The molecule has 24 N–H and O–H groups in total. The number of carbonyl (C=O) groups is 2. The fourth-order valence-electron chi connectivity index (χ4n) is 12.1. The predicted octanol–water partition coefficient (Wildman–Crippen LogP) is -16.1. The van der Waals surface area contributed by atoms with Crippen molar-refractivity contribution in [3.63, 3.8) is 0 Å². The highest BCUT2D eigenvalue weighted by Gasteiger charge is 2.60. The molecule has 0 aromatic rings. The number of nitrogens with one attached hydrogen (secondary N) is 2. The van der Waals surface area contributed by atoms with Crippen LogP contribution in [0.2, 0.25) is 0 Å². The van der Waals surface area contributed by atoms with Gasteiger partial charge in [0.15, 0.2) is 50.3 Å². The van der Waals surface area contributed by atoms with Crippen molar-refractivity contribution in [1.29, 1.82) is 0 Å². The van der Waals surface area contributed by atoms with Gasteiger partial charge in [0, 0.05) is 13.8 Å². The van der Waals surface area contributed by atoms with Crippen LogP contribution in [-0.2, 0) is 80.6 Å². The highest BCUT2D eigenvalue weighted by Crippen LogP contribution is 2.39. The molecule has 41 heteroatoms. The van der Waals surface area contributed by atoms with E-state index in [4.69, 9.17) is 71.1 Å². The number of aliphatic hydroxyl groups excluding tert-OH is 22. The third kappa shape index (κ3) is 16.4. The largest absolute Gasteiger partial charge is 0.394 e. The molecule has 0 aromatic heterocycles. The van der Waals surface area contributed by atoms with Crippen molar-refractivity contribution in [2.75, 3.05) is 39.6 Å². The molecule has 8 aliphatic heterocycles. The van der Waals surface area contributed by atoms with Gasteiger partial charge in [-0.3, -0.25) is 9.59 Å². The Bertz CT molecular complexity index is 2350. The van der Waals surface area contributed by atoms with Crippen LogP contribution in [0, 0.1) is 0 Å². The molecule has 540 valence electrons. The van der Waals surface area contributed by atoms with Gasteiger partial charge >= 0.3 is 0 Å². The summed E-state index contributed by atoms with van der Waals surface area (Å²) >= 11 is 0. The minimum Gasteiger partial charge on any atom is -0.394 e. The quantitative estimate of drug-likeness (QED) is 0.0479. The Kier molecular flexibility index (Phi) is 26.7. The Hall–Kier alpha value is -2.54. The number of amides is 2. The Morgan fingerprint density at radius 1 is 0.301 bits per heavy atom. The summed E-state index contributed by atoms with van der Waals surface area (Å²) in [5, 5.41) is 244. The fourth-order valence-corrected chi connectivity index (χ4v) is 12.1. The van der Waals surface area contributed by atoms with Crippen molar-refractivity contribution in [3.05, 3.63) is 0 Å². The van der Waals surface area contributed by atoms with Crippen molar-refractivity contribution in [1.82, 2.24) is 10.6 Å². The van der Waals surface area contributed by atoms with Crippen LogP contribution in [0.3, 0.4) is 0 Å². The molecule has 40 atom stereocenters. The van der Waals surface area contributed by atoms with E-state index in [1.165, 1.54) is 13.8 Å². The van der Waals surface area contributed by atoms with E-state index in [1.54, 1.807) is 0 Å². The number of rotatable bonds is 22. The topological polar surface area (TPSA) is 642 Å². The van der Waals surface area contributed by atoms with Gasteiger partial charge in [-0.25, -0.2) is 0 Å². The first-order valence-electron chi connectivity index (χ1n) is 29.9. The van der Waals surface area contributed by atoms with Crippen LogP contribution in [0.4, 0.5) is 0 Å². The first kappa shape index (κ1) is 76.2. The summed E-state index contributed by atoms with van der Waals surface area (Å²) in [4.78, 5) is 26.5. The molecular formula is C52H88N2O39. The van der Waals surface area contributed by atoms with Gasteiger partial charge < -0.3 is 194 Å². The van der Waals surface area contributed by atoms with Crippen LogP contribution in [-0.4, -0.2) is 409 Å². The van der Waals surface area contributed by atoms with Crippen LogP contribution in [0.5, 0.6) is 0 Å².